The molecule has 0 spiro atoms. The molecule has 1 aromatic rings. The molecule has 1 atom stereocenters. The van der Waals surface area contributed by atoms with E-state index in [1.807, 2.05) is 0 Å². The zero-order valence-electron chi connectivity index (χ0n) is 9.28. The van der Waals surface area contributed by atoms with Crippen LogP contribution in [-0.4, -0.2) is 36.6 Å². The summed E-state index contributed by atoms with van der Waals surface area (Å²) in [5.74, 6) is 0.120. The molecule has 1 unspecified atom stereocenters. The molecule has 1 aliphatic heterocycles. The van der Waals surface area contributed by atoms with Crippen molar-refractivity contribution in [2.45, 2.75) is 12.5 Å². The molecule has 92 valence electrons. The fourth-order valence-corrected chi connectivity index (χ4v) is 1.90. The molecule has 1 fully saturated rings. The number of Topliss-reactive ketones (excluding diaryl/α,β-unsaturated/α-hetero) is 1. The largest absolute Gasteiger partial charge is 0.383 e. The van der Waals surface area contributed by atoms with E-state index in [-0.39, 0.29) is 17.7 Å². The zero-order valence-corrected chi connectivity index (χ0v) is 10.0. The molecule has 6 heteroatoms. The number of halogens is 1. The van der Waals surface area contributed by atoms with Gasteiger partial charge in [0.15, 0.2) is 5.78 Å². The lowest BCUT2D eigenvalue weighted by Crippen LogP contribution is -2.39. The standard InChI is InChI=1S/C11H14ClN3O2/c12-7-3-9(11(13)15-5-7)10(16)4-8-6-14-1-2-17-8/h3,5,8,14H,1-2,4,6H2,(H2,13,15). The monoisotopic (exact) mass is 255 g/mol. The molecule has 0 saturated carbocycles. The first kappa shape index (κ1) is 12.3. The number of hydrogen-bond donors (Lipinski definition) is 2. The number of nitrogens with one attached hydrogen (secondary N) is 1. The molecule has 3 N–H and O–H groups in total. The van der Waals surface area contributed by atoms with Crippen LogP contribution in [0.3, 0.4) is 0 Å². The minimum Gasteiger partial charge on any atom is -0.383 e. The number of rotatable bonds is 3. The van der Waals surface area contributed by atoms with Crippen molar-refractivity contribution in [3.05, 3.63) is 22.8 Å². The molecule has 5 nitrogen and oxygen atoms in total. The second-order valence-corrected chi connectivity index (χ2v) is 4.35. The number of ketones is 1. The summed E-state index contributed by atoms with van der Waals surface area (Å²) in [5.41, 5.74) is 6.02. The van der Waals surface area contributed by atoms with Gasteiger partial charge in [-0.3, -0.25) is 4.79 Å². The normalized spacial score (nSPS) is 20.2. The van der Waals surface area contributed by atoms with Crippen molar-refractivity contribution in [1.82, 2.24) is 10.3 Å². The predicted molar refractivity (Wildman–Crippen MR) is 65.2 cm³/mol. The van der Waals surface area contributed by atoms with E-state index in [4.69, 9.17) is 22.1 Å². The van der Waals surface area contributed by atoms with Gasteiger partial charge in [0.25, 0.3) is 0 Å². The van der Waals surface area contributed by atoms with Gasteiger partial charge in [-0.05, 0) is 6.07 Å². The average Bonchev–Trinajstić information content (AvgIpc) is 2.33. The van der Waals surface area contributed by atoms with E-state index in [0.29, 0.717) is 30.2 Å². The van der Waals surface area contributed by atoms with Crippen LogP contribution < -0.4 is 11.1 Å². The van der Waals surface area contributed by atoms with Crippen molar-refractivity contribution in [1.29, 1.82) is 0 Å². The summed E-state index contributed by atoms with van der Waals surface area (Å²) in [4.78, 5) is 15.9. The molecule has 1 aliphatic rings. The summed E-state index contributed by atoms with van der Waals surface area (Å²) in [5, 5.41) is 3.58. The highest BCUT2D eigenvalue weighted by atomic mass is 35.5. The van der Waals surface area contributed by atoms with E-state index in [9.17, 15) is 4.79 Å². The second kappa shape index (κ2) is 5.44. The number of nitrogen functional groups attached to an aromatic ring is 1. The summed E-state index contributed by atoms with van der Waals surface area (Å²) in [7, 11) is 0. The third kappa shape index (κ3) is 3.15. The third-order valence-electron chi connectivity index (χ3n) is 2.60. The maximum atomic E-state index is 12.0. The lowest BCUT2D eigenvalue weighted by molar-refractivity contribution is 0.0240. The van der Waals surface area contributed by atoms with Gasteiger partial charge < -0.3 is 15.8 Å². The van der Waals surface area contributed by atoms with Crippen LogP contribution in [0.25, 0.3) is 0 Å². The first-order chi connectivity index (χ1) is 8.16. The van der Waals surface area contributed by atoms with E-state index >= 15 is 0 Å². The molecule has 1 aromatic heterocycles. The summed E-state index contributed by atoms with van der Waals surface area (Å²) in [6, 6.07) is 1.54. The van der Waals surface area contributed by atoms with Crippen molar-refractivity contribution >= 4 is 23.2 Å². The average molecular weight is 256 g/mol. The van der Waals surface area contributed by atoms with Gasteiger partial charge in [-0.15, -0.1) is 0 Å². The number of hydrogen-bond acceptors (Lipinski definition) is 5. The van der Waals surface area contributed by atoms with Crippen LogP contribution in [0.15, 0.2) is 12.3 Å². The Labute approximate surface area is 104 Å². The van der Waals surface area contributed by atoms with Crippen molar-refractivity contribution in [2.75, 3.05) is 25.4 Å². The number of morpholine rings is 1. The van der Waals surface area contributed by atoms with Crippen LogP contribution in [0.1, 0.15) is 16.8 Å². The van der Waals surface area contributed by atoms with E-state index in [2.05, 4.69) is 10.3 Å². The van der Waals surface area contributed by atoms with E-state index in [1.165, 1.54) is 6.20 Å². The first-order valence-electron chi connectivity index (χ1n) is 5.43. The number of pyridine rings is 1. The maximum Gasteiger partial charge on any atom is 0.169 e. The number of anilines is 1. The van der Waals surface area contributed by atoms with Crippen LogP contribution in [0.2, 0.25) is 5.02 Å². The van der Waals surface area contributed by atoms with Crippen molar-refractivity contribution in [3.63, 3.8) is 0 Å². The molecular weight excluding hydrogens is 242 g/mol. The summed E-state index contributed by atoms with van der Waals surface area (Å²) >= 11 is 5.79. The molecule has 2 rings (SSSR count). The number of aromatic nitrogens is 1. The highest BCUT2D eigenvalue weighted by Crippen LogP contribution is 2.18. The lowest BCUT2D eigenvalue weighted by atomic mass is 10.1. The number of nitrogens with zero attached hydrogens (tertiary/aromatic N) is 1. The molecule has 0 aliphatic carbocycles. The minimum atomic E-state index is -0.102. The van der Waals surface area contributed by atoms with Gasteiger partial charge in [0.2, 0.25) is 0 Å². The SMILES string of the molecule is Nc1ncc(Cl)cc1C(=O)CC1CNCCO1. The molecule has 0 aromatic carbocycles. The number of carbonyl (C=O) groups excluding carboxylic acids is 1. The second-order valence-electron chi connectivity index (χ2n) is 3.91. The van der Waals surface area contributed by atoms with Crippen molar-refractivity contribution in [3.8, 4) is 0 Å². The van der Waals surface area contributed by atoms with E-state index < -0.39 is 0 Å². The highest BCUT2D eigenvalue weighted by molar-refractivity contribution is 6.31. The fraction of sp³-hybridized carbons (Fsp3) is 0.455. The Bertz CT molecular complexity index is 419. The fourth-order valence-electron chi connectivity index (χ4n) is 1.74. The Morgan fingerprint density at radius 2 is 2.53 bits per heavy atom. The topological polar surface area (TPSA) is 77.2 Å². The van der Waals surface area contributed by atoms with Gasteiger partial charge in [0.1, 0.15) is 5.82 Å². The molecular formula is C11H14ClN3O2. The Hall–Kier alpha value is -1.17. The first-order valence-corrected chi connectivity index (χ1v) is 5.81. The van der Waals surface area contributed by atoms with Gasteiger partial charge in [0, 0.05) is 25.7 Å². The van der Waals surface area contributed by atoms with Gasteiger partial charge in [0.05, 0.1) is 23.3 Å². The van der Waals surface area contributed by atoms with Gasteiger partial charge in [-0.1, -0.05) is 11.6 Å². The number of ether oxygens (including phenoxy) is 1. The molecule has 17 heavy (non-hydrogen) atoms. The Morgan fingerprint density at radius 3 is 3.24 bits per heavy atom. The Morgan fingerprint density at radius 1 is 1.71 bits per heavy atom. The Balaban J connectivity index is 2.05. The van der Waals surface area contributed by atoms with Crippen LogP contribution >= 0.6 is 11.6 Å². The highest BCUT2D eigenvalue weighted by Gasteiger charge is 2.20. The van der Waals surface area contributed by atoms with Crippen molar-refractivity contribution in [2.24, 2.45) is 0 Å². The summed E-state index contributed by atoms with van der Waals surface area (Å²) < 4.78 is 5.46. The molecule has 0 bridgehead atoms. The van der Waals surface area contributed by atoms with Gasteiger partial charge >= 0.3 is 0 Å². The zero-order chi connectivity index (χ0) is 12.3. The Kier molecular flexibility index (Phi) is 3.93. The van der Waals surface area contributed by atoms with Crippen LogP contribution in [0.5, 0.6) is 0 Å². The van der Waals surface area contributed by atoms with Crippen molar-refractivity contribution < 1.29 is 9.53 Å². The van der Waals surface area contributed by atoms with E-state index in [1.54, 1.807) is 6.07 Å². The van der Waals surface area contributed by atoms with Crippen LogP contribution in [-0.2, 0) is 4.74 Å². The number of carbonyl (C=O) groups is 1. The molecule has 0 amide bonds. The molecule has 2 heterocycles. The van der Waals surface area contributed by atoms with Crippen LogP contribution in [0, 0.1) is 0 Å². The lowest BCUT2D eigenvalue weighted by Gasteiger charge is -2.23. The van der Waals surface area contributed by atoms with Gasteiger partial charge in [-0.25, -0.2) is 4.98 Å². The molecule has 1 saturated heterocycles. The maximum absolute atomic E-state index is 12.0. The minimum absolute atomic E-state index is 0.0915. The quantitative estimate of drug-likeness (QED) is 0.784. The predicted octanol–water partition coefficient (Wildman–Crippen LogP) is 0.878. The van der Waals surface area contributed by atoms with Crippen LogP contribution in [0.4, 0.5) is 5.82 Å². The number of nitrogens with two attached hydrogens (primary N) is 1. The van der Waals surface area contributed by atoms with Gasteiger partial charge in [-0.2, -0.15) is 0 Å². The third-order valence-corrected chi connectivity index (χ3v) is 2.81. The molecule has 0 radical (unpaired) electrons. The summed E-state index contributed by atoms with van der Waals surface area (Å²) in [6.07, 6.45) is 1.61. The smallest absolute Gasteiger partial charge is 0.169 e. The van der Waals surface area contributed by atoms with E-state index in [0.717, 1.165) is 6.54 Å². The summed E-state index contributed by atoms with van der Waals surface area (Å²) in [6.45, 7) is 2.13.